The van der Waals surface area contributed by atoms with Crippen LogP contribution in [-0.2, 0) is 10.0 Å². The Balaban J connectivity index is 0.000000253. The van der Waals surface area contributed by atoms with Gasteiger partial charge in [0.2, 0.25) is 11.8 Å². The van der Waals surface area contributed by atoms with Crippen LogP contribution in [0.5, 0.6) is 11.8 Å². The third kappa shape index (κ3) is 6.58. The van der Waals surface area contributed by atoms with E-state index in [9.17, 15) is 8.42 Å². The summed E-state index contributed by atoms with van der Waals surface area (Å²) in [7, 11) is -0.692. The number of nitrogens with two attached hydrogens (primary N) is 1. The number of hydrogen-bond donors (Lipinski definition) is 2. The largest absolute Gasteiger partial charge is 0.480 e. The Morgan fingerprint density at radius 3 is 2.03 bits per heavy atom. The molecule has 0 aliphatic carbocycles. The van der Waals surface area contributed by atoms with E-state index in [0.717, 1.165) is 4.47 Å². The molecule has 0 bridgehead atoms. The standard InChI is InChI=1S/C12H11BrN2O3S.C6H7BrN2O/c1-18-12-11(7-9(13)8-14-12)15-19(16,17)10-5-3-2-4-6-10;1-10-6-5(8)2-4(7)3-9-6/h2-8,15H,1H3;2-3H,8H2,1H3. The van der Waals surface area contributed by atoms with Crippen molar-refractivity contribution in [1.29, 1.82) is 0 Å². The number of methoxy groups -OCH3 is 2. The fourth-order valence-corrected chi connectivity index (χ4v) is 3.83. The lowest BCUT2D eigenvalue weighted by atomic mass is 10.4. The number of sulfonamides is 1. The number of nitrogens with zero attached hydrogens (tertiary/aromatic N) is 2. The van der Waals surface area contributed by atoms with E-state index in [0.29, 0.717) is 16.0 Å². The molecule has 8 nitrogen and oxygen atoms in total. The second kappa shape index (κ2) is 10.4. The van der Waals surface area contributed by atoms with Gasteiger partial charge in [-0.25, -0.2) is 18.4 Å². The van der Waals surface area contributed by atoms with Gasteiger partial charge in [0.15, 0.2) is 0 Å². The molecule has 11 heteroatoms. The van der Waals surface area contributed by atoms with Crippen molar-refractivity contribution in [1.82, 2.24) is 9.97 Å². The molecule has 1 aromatic carbocycles. The van der Waals surface area contributed by atoms with Crippen LogP contribution in [0.4, 0.5) is 11.4 Å². The normalized spacial score (nSPS) is 10.5. The molecule has 0 unspecified atom stereocenters. The van der Waals surface area contributed by atoms with Crippen molar-refractivity contribution >= 4 is 53.3 Å². The predicted octanol–water partition coefficient (Wildman–Crippen LogP) is 4.09. The van der Waals surface area contributed by atoms with Gasteiger partial charge in [-0.05, 0) is 56.1 Å². The molecule has 0 fully saturated rings. The molecule has 0 saturated carbocycles. The minimum absolute atomic E-state index is 0.178. The second-order valence-corrected chi connectivity index (χ2v) is 8.89. The van der Waals surface area contributed by atoms with Crippen LogP contribution in [0.3, 0.4) is 0 Å². The molecule has 29 heavy (non-hydrogen) atoms. The molecule has 3 N–H and O–H groups in total. The van der Waals surface area contributed by atoms with E-state index in [-0.39, 0.29) is 16.5 Å². The predicted molar refractivity (Wildman–Crippen MR) is 119 cm³/mol. The zero-order valence-electron chi connectivity index (χ0n) is 15.5. The first-order valence-electron chi connectivity index (χ1n) is 7.99. The van der Waals surface area contributed by atoms with Gasteiger partial charge in [0, 0.05) is 21.3 Å². The van der Waals surface area contributed by atoms with Crippen LogP contribution in [0.1, 0.15) is 0 Å². The third-order valence-electron chi connectivity index (χ3n) is 3.35. The van der Waals surface area contributed by atoms with Crippen molar-refractivity contribution in [3.8, 4) is 11.8 Å². The number of benzene rings is 1. The van der Waals surface area contributed by atoms with Crippen molar-refractivity contribution in [3.05, 3.63) is 63.8 Å². The first-order chi connectivity index (χ1) is 13.8. The highest BCUT2D eigenvalue weighted by atomic mass is 79.9. The monoisotopic (exact) mass is 544 g/mol. The third-order valence-corrected chi connectivity index (χ3v) is 5.60. The summed E-state index contributed by atoms with van der Waals surface area (Å²) in [4.78, 5) is 8.06. The highest BCUT2D eigenvalue weighted by Crippen LogP contribution is 2.27. The summed E-state index contributed by atoms with van der Waals surface area (Å²) in [6, 6.07) is 11.4. The zero-order chi connectivity index (χ0) is 21.4. The van der Waals surface area contributed by atoms with Crippen LogP contribution in [0.15, 0.2) is 68.7 Å². The maximum absolute atomic E-state index is 12.2. The lowest BCUT2D eigenvalue weighted by Gasteiger charge is -2.11. The number of ether oxygens (including phenoxy) is 2. The van der Waals surface area contributed by atoms with Crippen LogP contribution >= 0.6 is 31.9 Å². The molecular formula is C18H18Br2N4O4S. The van der Waals surface area contributed by atoms with Crippen molar-refractivity contribution in [2.45, 2.75) is 4.90 Å². The van der Waals surface area contributed by atoms with Gasteiger partial charge in [-0.1, -0.05) is 18.2 Å². The molecule has 0 atom stereocenters. The van der Waals surface area contributed by atoms with Gasteiger partial charge < -0.3 is 15.2 Å². The van der Waals surface area contributed by atoms with Crippen molar-refractivity contribution in [3.63, 3.8) is 0 Å². The Kier molecular flexibility index (Phi) is 8.23. The Morgan fingerprint density at radius 1 is 0.931 bits per heavy atom. The van der Waals surface area contributed by atoms with Crippen LogP contribution < -0.4 is 19.9 Å². The number of anilines is 2. The molecule has 0 aliphatic rings. The Morgan fingerprint density at radius 2 is 1.48 bits per heavy atom. The van der Waals surface area contributed by atoms with Gasteiger partial charge in [-0.2, -0.15) is 0 Å². The number of aromatic nitrogens is 2. The van der Waals surface area contributed by atoms with E-state index in [4.69, 9.17) is 15.2 Å². The molecule has 2 heterocycles. The number of nitrogens with one attached hydrogen (secondary N) is 1. The van der Waals surface area contributed by atoms with Gasteiger partial charge in [-0.15, -0.1) is 0 Å². The second-order valence-electron chi connectivity index (χ2n) is 5.38. The van der Waals surface area contributed by atoms with E-state index >= 15 is 0 Å². The topological polar surface area (TPSA) is 116 Å². The SMILES string of the molecule is COc1ncc(Br)cc1N.COc1ncc(Br)cc1NS(=O)(=O)c1ccccc1. The summed E-state index contributed by atoms with van der Waals surface area (Å²) in [6.45, 7) is 0. The van der Waals surface area contributed by atoms with Crippen molar-refractivity contribution < 1.29 is 17.9 Å². The highest BCUT2D eigenvalue weighted by Gasteiger charge is 2.16. The molecule has 154 valence electrons. The number of rotatable bonds is 5. The summed E-state index contributed by atoms with van der Waals surface area (Å²) in [5.41, 5.74) is 6.33. The summed E-state index contributed by atoms with van der Waals surface area (Å²) in [5, 5.41) is 0. The average Bonchev–Trinajstić information content (AvgIpc) is 2.69. The molecule has 2 aromatic heterocycles. The molecular weight excluding hydrogens is 528 g/mol. The average molecular weight is 546 g/mol. The smallest absolute Gasteiger partial charge is 0.262 e. The first kappa shape index (κ1) is 22.9. The van der Waals surface area contributed by atoms with Gasteiger partial charge in [-0.3, -0.25) is 4.72 Å². The van der Waals surface area contributed by atoms with E-state index in [1.807, 2.05) is 0 Å². The Labute approximate surface area is 185 Å². The fraction of sp³-hybridized carbons (Fsp3) is 0.111. The van der Waals surface area contributed by atoms with Crippen molar-refractivity contribution in [2.24, 2.45) is 0 Å². The fourth-order valence-electron chi connectivity index (χ4n) is 2.08. The maximum Gasteiger partial charge on any atom is 0.262 e. The molecule has 0 amide bonds. The van der Waals surface area contributed by atoms with Crippen LogP contribution in [0.2, 0.25) is 0 Å². The molecule has 0 saturated heterocycles. The number of halogens is 2. The zero-order valence-corrected chi connectivity index (χ0v) is 19.5. The van der Waals surface area contributed by atoms with E-state index in [2.05, 4.69) is 46.5 Å². The molecule has 3 aromatic rings. The lowest BCUT2D eigenvalue weighted by Crippen LogP contribution is -2.13. The molecule has 3 rings (SSSR count). The quantitative estimate of drug-likeness (QED) is 0.496. The summed E-state index contributed by atoms with van der Waals surface area (Å²) < 4.78 is 38.2. The summed E-state index contributed by atoms with van der Waals surface area (Å²) in [6.07, 6.45) is 3.16. The van der Waals surface area contributed by atoms with E-state index < -0.39 is 10.0 Å². The Hall–Kier alpha value is -2.37. The van der Waals surface area contributed by atoms with Gasteiger partial charge in [0.05, 0.1) is 24.8 Å². The Bertz CT molecular complexity index is 1070. The van der Waals surface area contributed by atoms with E-state index in [1.165, 1.54) is 32.5 Å². The highest BCUT2D eigenvalue weighted by molar-refractivity contribution is 9.10. The summed E-state index contributed by atoms with van der Waals surface area (Å²) >= 11 is 6.46. The van der Waals surface area contributed by atoms with Crippen LogP contribution in [-0.4, -0.2) is 32.6 Å². The van der Waals surface area contributed by atoms with Gasteiger partial charge in [0.1, 0.15) is 5.69 Å². The maximum atomic E-state index is 12.2. The lowest BCUT2D eigenvalue weighted by molar-refractivity contribution is 0.400. The van der Waals surface area contributed by atoms with E-state index in [1.54, 1.807) is 36.5 Å². The molecule has 0 aliphatic heterocycles. The number of nitrogen functional groups attached to an aromatic ring is 1. The van der Waals surface area contributed by atoms with Crippen LogP contribution in [0.25, 0.3) is 0 Å². The van der Waals surface area contributed by atoms with Crippen molar-refractivity contribution in [2.75, 3.05) is 24.7 Å². The molecule has 0 radical (unpaired) electrons. The number of hydrogen-bond acceptors (Lipinski definition) is 7. The minimum atomic E-state index is -3.65. The minimum Gasteiger partial charge on any atom is -0.480 e. The number of pyridine rings is 2. The van der Waals surface area contributed by atoms with Gasteiger partial charge in [0.25, 0.3) is 10.0 Å². The van der Waals surface area contributed by atoms with Crippen LogP contribution in [0, 0.1) is 0 Å². The van der Waals surface area contributed by atoms with Gasteiger partial charge >= 0.3 is 0 Å². The summed E-state index contributed by atoms with van der Waals surface area (Å²) in [5.74, 6) is 0.672. The molecule has 0 spiro atoms. The first-order valence-corrected chi connectivity index (χ1v) is 11.1.